The zero-order chi connectivity index (χ0) is 31.0. The first-order valence-corrected chi connectivity index (χ1v) is 15.6. The number of ketones is 1. The normalized spacial score (nSPS) is 24.8. The Labute approximate surface area is 256 Å². The standard InChI is InChI=1S/C14H17N3O3.C13H20O5.C4H6N2/c18-13-8-11(16-12-3-5-15-17(12)13)10-2-1-4-14(9-10)19-6-7-20-14;1-2-16-12(15)8-11(14)10-4-3-5-13(9-10)17-6-7-18-13;5-4-1-2-6-3-4/h3,5,8,10,15H,1-2,4,6-7,9H2;10H,2-9H2,1H3;1-2H,3,5H2. The maximum absolute atomic E-state index is 12.0. The summed E-state index contributed by atoms with van der Waals surface area (Å²) in [6.07, 6.45) is 12.0. The number of ether oxygens (including phenoxy) is 5. The molecule has 7 rings (SSSR count). The first kappa shape index (κ1) is 32.0. The molecule has 2 saturated heterocycles. The summed E-state index contributed by atoms with van der Waals surface area (Å²) in [4.78, 5) is 43.8. The summed E-state index contributed by atoms with van der Waals surface area (Å²) in [6.45, 7) is 5.27. The molecule has 0 amide bonds. The molecule has 2 aromatic heterocycles. The molecule has 0 bridgehead atoms. The Morgan fingerprint density at radius 2 is 1.75 bits per heavy atom. The Morgan fingerprint density at radius 3 is 2.36 bits per heavy atom. The van der Waals surface area contributed by atoms with Crippen molar-refractivity contribution in [1.82, 2.24) is 14.6 Å². The number of aromatic amines is 1. The van der Waals surface area contributed by atoms with E-state index in [1.165, 1.54) is 4.52 Å². The van der Waals surface area contributed by atoms with Gasteiger partial charge >= 0.3 is 5.97 Å². The maximum Gasteiger partial charge on any atom is 0.313 e. The number of Topliss-reactive ketones (excluding diaryl/α,β-unsaturated/α-hetero) is 1. The van der Waals surface area contributed by atoms with Gasteiger partial charge in [-0.25, -0.2) is 9.50 Å². The number of nitrogens with zero attached hydrogens (tertiary/aromatic N) is 3. The van der Waals surface area contributed by atoms with Gasteiger partial charge in [0.1, 0.15) is 12.2 Å². The topological polar surface area (TPSA) is 169 Å². The number of nitrogens with two attached hydrogens (primary N) is 1. The molecule has 4 fully saturated rings. The fourth-order valence-corrected chi connectivity index (χ4v) is 6.45. The zero-order valence-corrected chi connectivity index (χ0v) is 25.3. The molecule has 0 aromatic carbocycles. The van der Waals surface area contributed by atoms with Crippen molar-refractivity contribution < 1.29 is 33.3 Å². The van der Waals surface area contributed by atoms with Crippen LogP contribution in [0.25, 0.3) is 5.65 Å². The van der Waals surface area contributed by atoms with Gasteiger partial charge < -0.3 is 29.4 Å². The van der Waals surface area contributed by atoms with Crippen LogP contribution in [0.2, 0.25) is 0 Å². The van der Waals surface area contributed by atoms with E-state index in [1.807, 2.05) is 6.07 Å². The van der Waals surface area contributed by atoms with Crippen molar-refractivity contribution in [2.24, 2.45) is 16.6 Å². The molecule has 2 atom stereocenters. The van der Waals surface area contributed by atoms with E-state index in [0.717, 1.165) is 56.3 Å². The molecular weight excluding hydrogens is 570 g/mol. The zero-order valence-electron chi connectivity index (χ0n) is 25.3. The van der Waals surface area contributed by atoms with Crippen LogP contribution in [0.15, 0.2) is 39.9 Å². The van der Waals surface area contributed by atoms with Gasteiger partial charge in [0.2, 0.25) is 0 Å². The highest BCUT2D eigenvalue weighted by Gasteiger charge is 2.44. The molecular formula is C31H43N5O8. The largest absolute Gasteiger partial charge is 0.466 e. The van der Waals surface area contributed by atoms with E-state index in [1.54, 1.807) is 31.5 Å². The van der Waals surface area contributed by atoms with Gasteiger partial charge in [-0.05, 0) is 38.7 Å². The lowest BCUT2D eigenvalue weighted by atomic mass is 9.81. The van der Waals surface area contributed by atoms with Gasteiger partial charge in [0, 0.05) is 67.8 Å². The highest BCUT2D eigenvalue weighted by molar-refractivity contribution is 5.96. The van der Waals surface area contributed by atoms with E-state index in [0.29, 0.717) is 51.6 Å². The summed E-state index contributed by atoms with van der Waals surface area (Å²) in [7, 11) is 0. The Balaban J connectivity index is 0.000000148. The van der Waals surface area contributed by atoms with Crippen molar-refractivity contribution in [3.05, 3.63) is 46.2 Å². The minimum Gasteiger partial charge on any atom is -0.466 e. The molecule has 13 nitrogen and oxygen atoms in total. The number of hydrogen-bond donors (Lipinski definition) is 2. The molecule has 2 unspecified atom stereocenters. The molecule has 240 valence electrons. The molecule has 3 aliphatic heterocycles. The molecule has 5 aliphatic rings. The van der Waals surface area contributed by atoms with Crippen molar-refractivity contribution >= 4 is 23.6 Å². The molecule has 2 aliphatic carbocycles. The van der Waals surface area contributed by atoms with Crippen LogP contribution in [0.3, 0.4) is 0 Å². The van der Waals surface area contributed by atoms with Gasteiger partial charge in [0.25, 0.3) is 5.56 Å². The minimum atomic E-state index is -0.562. The predicted molar refractivity (Wildman–Crippen MR) is 160 cm³/mol. The first-order chi connectivity index (χ1) is 21.3. The first-order valence-electron chi connectivity index (χ1n) is 15.6. The SMILES string of the molecule is CCOC(=O)CC(=O)C1CCCC2(C1)OCCO2.NC1=CC=NC1.O=c1cc(C2CCCC3(C2)OCCO3)nc2cc[nH]n12. The van der Waals surface area contributed by atoms with Gasteiger partial charge in [-0.3, -0.25) is 24.5 Å². The van der Waals surface area contributed by atoms with E-state index < -0.39 is 17.5 Å². The van der Waals surface area contributed by atoms with Gasteiger partial charge in [-0.15, -0.1) is 0 Å². The van der Waals surface area contributed by atoms with E-state index in [9.17, 15) is 14.4 Å². The predicted octanol–water partition coefficient (Wildman–Crippen LogP) is 2.78. The van der Waals surface area contributed by atoms with Crippen LogP contribution in [-0.4, -0.2) is 83.7 Å². The lowest BCUT2D eigenvalue weighted by Crippen LogP contribution is -2.39. The molecule has 13 heteroatoms. The van der Waals surface area contributed by atoms with Crippen molar-refractivity contribution in [3.63, 3.8) is 0 Å². The Bertz CT molecular complexity index is 1400. The van der Waals surface area contributed by atoms with Gasteiger partial charge in [0.15, 0.2) is 17.2 Å². The fraction of sp³-hybridized carbons (Fsp3) is 0.645. The van der Waals surface area contributed by atoms with Crippen LogP contribution in [-0.2, 0) is 33.3 Å². The van der Waals surface area contributed by atoms with Crippen LogP contribution in [0.1, 0.15) is 76.3 Å². The van der Waals surface area contributed by atoms with Crippen LogP contribution in [0.5, 0.6) is 0 Å². The van der Waals surface area contributed by atoms with Crippen molar-refractivity contribution in [2.75, 3.05) is 39.6 Å². The van der Waals surface area contributed by atoms with Crippen molar-refractivity contribution in [2.45, 2.75) is 82.2 Å². The smallest absolute Gasteiger partial charge is 0.313 e. The Hall–Kier alpha value is -3.39. The lowest BCUT2D eigenvalue weighted by Gasteiger charge is -2.35. The van der Waals surface area contributed by atoms with Crippen LogP contribution in [0, 0.1) is 5.92 Å². The molecule has 0 radical (unpaired) electrons. The second-order valence-electron chi connectivity index (χ2n) is 11.7. The lowest BCUT2D eigenvalue weighted by molar-refractivity contribution is -0.189. The number of aliphatic imine (C=N–C) groups is 1. The quantitative estimate of drug-likeness (QED) is 0.378. The number of hydrogen-bond acceptors (Lipinski definition) is 11. The number of aromatic nitrogens is 3. The second-order valence-corrected chi connectivity index (χ2v) is 11.7. The highest BCUT2D eigenvalue weighted by atomic mass is 16.7. The Morgan fingerprint density at radius 1 is 1.07 bits per heavy atom. The number of H-pyrrole nitrogens is 1. The fourth-order valence-electron chi connectivity index (χ4n) is 6.45. The summed E-state index contributed by atoms with van der Waals surface area (Å²) in [5.74, 6) is -1.39. The maximum atomic E-state index is 12.0. The summed E-state index contributed by atoms with van der Waals surface area (Å²) < 4.78 is 29.1. The van der Waals surface area contributed by atoms with Crippen molar-refractivity contribution in [3.8, 4) is 0 Å². The van der Waals surface area contributed by atoms with Gasteiger partial charge in [0.05, 0.1) is 45.3 Å². The molecule has 44 heavy (non-hydrogen) atoms. The average molecular weight is 614 g/mol. The number of carbonyl (C=O) groups excluding carboxylic acids is 2. The van der Waals surface area contributed by atoms with Gasteiger partial charge in [-0.2, -0.15) is 0 Å². The van der Waals surface area contributed by atoms with E-state index in [4.69, 9.17) is 29.4 Å². The van der Waals surface area contributed by atoms with E-state index in [-0.39, 0.29) is 29.6 Å². The molecule has 2 spiro atoms. The van der Waals surface area contributed by atoms with Crippen molar-refractivity contribution in [1.29, 1.82) is 0 Å². The number of esters is 1. The summed E-state index contributed by atoms with van der Waals surface area (Å²) in [5.41, 5.74) is 7.58. The number of allylic oxidation sites excluding steroid dienone is 1. The van der Waals surface area contributed by atoms with E-state index in [2.05, 4.69) is 15.1 Å². The third-order valence-corrected chi connectivity index (χ3v) is 8.53. The molecule has 2 saturated carbocycles. The second kappa shape index (κ2) is 14.6. The monoisotopic (exact) mass is 613 g/mol. The van der Waals surface area contributed by atoms with E-state index >= 15 is 0 Å². The molecule has 5 heterocycles. The van der Waals surface area contributed by atoms with Crippen LogP contribution < -0.4 is 11.3 Å². The third-order valence-electron chi connectivity index (χ3n) is 8.53. The average Bonchev–Trinajstić information content (AvgIpc) is 3.84. The highest BCUT2D eigenvalue weighted by Crippen LogP contribution is 2.42. The molecule has 3 N–H and O–H groups in total. The third kappa shape index (κ3) is 8.00. The van der Waals surface area contributed by atoms with Crippen LogP contribution in [0.4, 0.5) is 0 Å². The summed E-state index contributed by atoms with van der Waals surface area (Å²) >= 11 is 0. The number of carbonyl (C=O) groups is 2. The van der Waals surface area contributed by atoms with Gasteiger partial charge in [-0.1, -0.05) is 0 Å². The number of fused-ring (bicyclic) bond motifs is 1. The summed E-state index contributed by atoms with van der Waals surface area (Å²) in [5, 5.41) is 2.86. The number of rotatable bonds is 5. The molecule has 2 aromatic rings. The Kier molecular flexibility index (Phi) is 10.6. The van der Waals surface area contributed by atoms with Crippen LogP contribution >= 0.6 is 0 Å². The minimum absolute atomic E-state index is 0.0494. The summed E-state index contributed by atoms with van der Waals surface area (Å²) in [6, 6.07) is 3.44. The number of nitrogens with one attached hydrogen (secondary N) is 1.